The maximum absolute atomic E-state index is 10.6. The van der Waals surface area contributed by atoms with Crippen molar-refractivity contribution in [1.29, 1.82) is 0 Å². The van der Waals surface area contributed by atoms with Crippen LogP contribution in [0.5, 0.6) is 0 Å². The molecule has 1 aromatic carbocycles. The lowest BCUT2D eigenvalue weighted by molar-refractivity contribution is 0.112. The first-order valence-electron chi connectivity index (χ1n) is 4.46. The molecule has 0 saturated carbocycles. The van der Waals surface area contributed by atoms with E-state index in [1.807, 2.05) is 25.1 Å². The first-order chi connectivity index (χ1) is 6.13. The summed E-state index contributed by atoms with van der Waals surface area (Å²) in [5.74, 6) is 0. The minimum Gasteiger partial charge on any atom is -0.383 e. The Bertz CT molecular complexity index is 305. The van der Waals surface area contributed by atoms with Crippen LogP contribution in [0.1, 0.15) is 29.8 Å². The van der Waals surface area contributed by atoms with Crippen LogP contribution in [0.2, 0.25) is 0 Å². The quantitative estimate of drug-likeness (QED) is 0.719. The van der Waals surface area contributed by atoms with Crippen LogP contribution in [0.3, 0.4) is 0 Å². The Morgan fingerprint density at radius 1 is 1.38 bits per heavy atom. The van der Waals surface area contributed by atoms with Gasteiger partial charge in [-0.1, -0.05) is 6.07 Å². The number of hydrogen-bond donors (Lipinski definition) is 1. The molecule has 0 aliphatic carbocycles. The SMILES string of the molecule is Cc1ccc(NC(C)C)cc1C=O. The van der Waals surface area contributed by atoms with E-state index >= 15 is 0 Å². The lowest BCUT2D eigenvalue weighted by Crippen LogP contribution is -2.09. The largest absolute Gasteiger partial charge is 0.383 e. The third-order valence-corrected chi connectivity index (χ3v) is 1.86. The summed E-state index contributed by atoms with van der Waals surface area (Å²) in [6, 6.07) is 6.21. The van der Waals surface area contributed by atoms with Gasteiger partial charge in [0.2, 0.25) is 0 Å². The summed E-state index contributed by atoms with van der Waals surface area (Å²) in [6.07, 6.45) is 0.890. The van der Waals surface area contributed by atoms with E-state index < -0.39 is 0 Å². The molecule has 0 spiro atoms. The Balaban J connectivity index is 2.92. The van der Waals surface area contributed by atoms with Gasteiger partial charge in [-0.3, -0.25) is 4.79 Å². The number of aldehydes is 1. The number of carbonyl (C=O) groups is 1. The Morgan fingerprint density at radius 2 is 2.08 bits per heavy atom. The lowest BCUT2D eigenvalue weighted by atomic mass is 10.1. The number of benzene rings is 1. The van der Waals surface area contributed by atoms with Crippen molar-refractivity contribution < 1.29 is 4.79 Å². The Hall–Kier alpha value is -1.31. The van der Waals surface area contributed by atoms with Crippen LogP contribution in [-0.2, 0) is 0 Å². The molecular weight excluding hydrogens is 162 g/mol. The molecule has 0 bridgehead atoms. The fourth-order valence-corrected chi connectivity index (χ4v) is 1.19. The first kappa shape index (κ1) is 9.78. The van der Waals surface area contributed by atoms with E-state index in [4.69, 9.17) is 0 Å². The normalized spacial score (nSPS) is 10.2. The van der Waals surface area contributed by atoms with Crippen LogP contribution in [0.15, 0.2) is 18.2 Å². The molecule has 0 atom stereocenters. The molecule has 0 radical (unpaired) electrons. The van der Waals surface area contributed by atoms with Gasteiger partial charge in [-0.2, -0.15) is 0 Å². The van der Waals surface area contributed by atoms with Gasteiger partial charge in [0.15, 0.2) is 0 Å². The lowest BCUT2D eigenvalue weighted by Gasteiger charge is -2.10. The van der Waals surface area contributed by atoms with Crippen molar-refractivity contribution in [2.75, 3.05) is 5.32 Å². The molecule has 0 aromatic heterocycles. The standard InChI is InChI=1S/C11H15NO/c1-8(2)12-11-5-4-9(3)10(6-11)7-13/h4-8,12H,1-3H3. The topological polar surface area (TPSA) is 29.1 Å². The average Bonchev–Trinajstić information content (AvgIpc) is 2.07. The summed E-state index contributed by atoms with van der Waals surface area (Å²) >= 11 is 0. The van der Waals surface area contributed by atoms with E-state index in [0.29, 0.717) is 6.04 Å². The molecule has 0 saturated heterocycles. The predicted molar refractivity (Wildman–Crippen MR) is 55.3 cm³/mol. The zero-order valence-electron chi connectivity index (χ0n) is 8.29. The summed E-state index contributed by atoms with van der Waals surface area (Å²) in [5, 5.41) is 3.25. The van der Waals surface area contributed by atoms with E-state index in [1.165, 1.54) is 0 Å². The third kappa shape index (κ3) is 2.58. The molecule has 2 nitrogen and oxygen atoms in total. The van der Waals surface area contributed by atoms with Crippen LogP contribution in [0, 0.1) is 6.92 Å². The van der Waals surface area contributed by atoms with Gasteiger partial charge in [0, 0.05) is 17.3 Å². The number of hydrogen-bond acceptors (Lipinski definition) is 2. The predicted octanol–water partition coefficient (Wildman–Crippen LogP) is 2.63. The minimum absolute atomic E-state index is 0.391. The molecule has 1 aromatic rings. The van der Waals surface area contributed by atoms with E-state index in [-0.39, 0.29) is 0 Å². The molecular formula is C11H15NO. The summed E-state index contributed by atoms with van der Waals surface area (Å²) in [7, 11) is 0. The van der Waals surface area contributed by atoms with Crippen molar-refractivity contribution in [2.45, 2.75) is 26.8 Å². The second-order valence-corrected chi connectivity index (χ2v) is 3.49. The minimum atomic E-state index is 0.391. The molecule has 0 heterocycles. The highest BCUT2D eigenvalue weighted by Crippen LogP contribution is 2.14. The highest BCUT2D eigenvalue weighted by molar-refractivity contribution is 5.79. The molecule has 70 valence electrons. The molecule has 0 fully saturated rings. The van der Waals surface area contributed by atoms with Gasteiger partial charge in [0.1, 0.15) is 6.29 Å². The van der Waals surface area contributed by atoms with Gasteiger partial charge in [0.05, 0.1) is 0 Å². The Morgan fingerprint density at radius 3 is 2.62 bits per heavy atom. The number of aryl methyl sites for hydroxylation is 1. The van der Waals surface area contributed by atoms with Crippen molar-refractivity contribution in [2.24, 2.45) is 0 Å². The van der Waals surface area contributed by atoms with E-state index in [2.05, 4.69) is 19.2 Å². The summed E-state index contributed by atoms with van der Waals surface area (Å²) < 4.78 is 0. The van der Waals surface area contributed by atoms with Crippen molar-refractivity contribution in [1.82, 2.24) is 0 Å². The molecule has 1 rings (SSSR count). The molecule has 0 aliphatic heterocycles. The second-order valence-electron chi connectivity index (χ2n) is 3.49. The van der Waals surface area contributed by atoms with E-state index in [0.717, 1.165) is 23.1 Å². The number of nitrogens with one attached hydrogen (secondary N) is 1. The Labute approximate surface area is 79.0 Å². The summed E-state index contributed by atoms with van der Waals surface area (Å²) in [5.41, 5.74) is 2.78. The van der Waals surface area contributed by atoms with Crippen LogP contribution in [-0.4, -0.2) is 12.3 Å². The molecule has 0 unspecified atom stereocenters. The maximum atomic E-state index is 10.6. The van der Waals surface area contributed by atoms with Crippen molar-refractivity contribution in [3.63, 3.8) is 0 Å². The highest BCUT2D eigenvalue weighted by Gasteiger charge is 1.99. The van der Waals surface area contributed by atoms with Gasteiger partial charge < -0.3 is 5.32 Å². The first-order valence-corrected chi connectivity index (χ1v) is 4.46. The Kier molecular flexibility index (Phi) is 3.07. The van der Waals surface area contributed by atoms with Gasteiger partial charge in [0.25, 0.3) is 0 Å². The fraction of sp³-hybridized carbons (Fsp3) is 0.364. The maximum Gasteiger partial charge on any atom is 0.150 e. The zero-order chi connectivity index (χ0) is 9.84. The van der Waals surface area contributed by atoms with Crippen LogP contribution < -0.4 is 5.32 Å². The smallest absolute Gasteiger partial charge is 0.150 e. The second kappa shape index (κ2) is 4.08. The van der Waals surface area contributed by atoms with E-state index in [9.17, 15) is 4.79 Å². The molecule has 0 amide bonds. The van der Waals surface area contributed by atoms with Crippen LogP contribution in [0.25, 0.3) is 0 Å². The van der Waals surface area contributed by atoms with Gasteiger partial charge in [-0.15, -0.1) is 0 Å². The molecule has 2 heteroatoms. The fourth-order valence-electron chi connectivity index (χ4n) is 1.19. The highest BCUT2D eigenvalue weighted by atomic mass is 16.1. The molecule has 0 aliphatic rings. The van der Waals surface area contributed by atoms with Gasteiger partial charge >= 0.3 is 0 Å². The zero-order valence-corrected chi connectivity index (χ0v) is 8.29. The number of rotatable bonds is 3. The van der Waals surface area contributed by atoms with Crippen LogP contribution in [0.4, 0.5) is 5.69 Å². The molecule has 13 heavy (non-hydrogen) atoms. The number of anilines is 1. The average molecular weight is 177 g/mol. The molecule has 1 N–H and O–H groups in total. The third-order valence-electron chi connectivity index (χ3n) is 1.86. The van der Waals surface area contributed by atoms with E-state index in [1.54, 1.807) is 0 Å². The van der Waals surface area contributed by atoms with Gasteiger partial charge in [-0.05, 0) is 38.5 Å². The van der Waals surface area contributed by atoms with Crippen LogP contribution >= 0.6 is 0 Å². The monoisotopic (exact) mass is 177 g/mol. The summed E-state index contributed by atoms with van der Waals surface area (Å²) in [4.78, 5) is 10.6. The summed E-state index contributed by atoms with van der Waals surface area (Å²) in [6.45, 7) is 6.07. The van der Waals surface area contributed by atoms with Gasteiger partial charge in [-0.25, -0.2) is 0 Å². The number of carbonyl (C=O) groups excluding carboxylic acids is 1. The van der Waals surface area contributed by atoms with Crippen molar-refractivity contribution in [3.8, 4) is 0 Å². The van der Waals surface area contributed by atoms with Crippen molar-refractivity contribution in [3.05, 3.63) is 29.3 Å². The van der Waals surface area contributed by atoms with Crippen molar-refractivity contribution >= 4 is 12.0 Å².